The van der Waals surface area contributed by atoms with E-state index in [1.807, 2.05) is 36.4 Å². The quantitative estimate of drug-likeness (QED) is 0.843. The standard InChI is InChI=1S/C17H19NOS/c1-12(2)14-7-9-16(10-8-14)19-11-13-3-5-15(6-4-13)17(18)20/h3-10,12H,11H2,1-2H3,(H2,18,20). The Hall–Kier alpha value is -1.87. The van der Waals surface area contributed by atoms with Gasteiger partial charge < -0.3 is 10.5 Å². The minimum Gasteiger partial charge on any atom is -0.489 e. The molecule has 0 heterocycles. The smallest absolute Gasteiger partial charge is 0.119 e. The first kappa shape index (κ1) is 14.5. The molecule has 0 fully saturated rings. The molecule has 0 saturated carbocycles. The van der Waals surface area contributed by atoms with Gasteiger partial charge in [-0.1, -0.05) is 62.5 Å². The van der Waals surface area contributed by atoms with E-state index in [0.29, 0.717) is 17.5 Å². The Morgan fingerprint density at radius 2 is 1.65 bits per heavy atom. The van der Waals surface area contributed by atoms with E-state index in [0.717, 1.165) is 16.9 Å². The van der Waals surface area contributed by atoms with Gasteiger partial charge in [-0.2, -0.15) is 0 Å². The Kier molecular flexibility index (Phi) is 4.74. The van der Waals surface area contributed by atoms with Crippen molar-refractivity contribution in [3.63, 3.8) is 0 Å². The number of nitrogens with two attached hydrogens (primary N) is 1. The van der Waals surface area contributed by atoms with Crippen molar-refractivity contribution in [2.24, 2.45) is 5.73 Å². The average molecular weight is 285 g/mol. The van der Waals surface area contributed by atoms with Gasteiger partial charge in [0.2, 0.25) is 0 Å². The van der Waals surface area contributed by atoms with Crippen LogP contribution in [-0.2, 0) is 6.61 Å². The first-order valence-electron chi connectivity index (χ1n) is 6.68. The van der Waals surface area contributed by atoms with E-state index in [-0.39, 0.29) is 0 Å². The van der Waals surface area contributed by atoms with Gasteiger partial charge in [-0.3, -0.25) is 0 Å². The predicted molar refractivity (Wildman–Crippen MR) is 87.2 cm³/mol. The highest BCUT2D eigenvalue weighted by atomic mass is 32.1. The Bertz CT molecular complexity index is 573. The van der Waals surface area contributed by atoms with Crippen LogP contribution in [0.4, 0.5) is 0 Å². The maximum Gasteiger partial charge on any atom is 0.119 e. The maximum atomic E-state index is 5.76. The van der Waals surface area contributed by atoms with E-state index in [4.69, 9.17) is 22.7 Å². The molecule has 0 aliphatic rings. The van der Waals surface area contributed by atoms with E-state index in [1.165, 1.54) is 5.56 Å². The lowest BCUT2D eigenvalue weighted by Gasteiger charge is -2.09. The molecule has 0 unspecified atom stereocenters. The number of hydrogen-bond donors (Lipinski definition) is 1. The SMILES string of the molecule is CC(C)c1ccc(OCc2ccc(C(N)=S)cc2)cc1. The Balaban J connectivity index is 1.96. The largest absolute Gasteiger partial charge is 0.489 e. The Morgan fingerprint density at radius 3 is 2.15 bits per heavy atom. The molecule has 0 aliphatic carbocycles. The average Bonchev–Trinajstić information content (AvgIpc) is 2.46. The highest BCUT2D eigenvalue weighted by molar-refractivity contribution is 7.80. The van der Waals surface area contributed by atoms with Gasteiger partial charge in [-0.05, 0) is 29.2 Å². The van der Waals surface area contributed by atoms with Gasteiger partial charge in [0.25, 0.3) is 0 Å². The summed E-state index contributed by atoms with van der Waals surface area (Å²) in [5.41, 5.74) is 8.86. The van der Waals surface area contributed by atoms with Gasteiger partial charge >= 0.3 is 0 Å². The van der Waals surface area contributed by atoms with Crippen molar-refractivity contribution < 1.29 is 4.74 Å². The van der Waals surface area contributed by atoms with Crippen molar-refractivity contribution in [3.8, 4) is 5.75 Å². The van der Waals surface area contributed by atoms with Gasteiger partial charge in [0.1, 0.15) is 17.3 Å². The summed E-state index contributed by atoms with van der Waals surface area (Å²) in [6.45, 7) is 4.90. The fourth-order valence-electron chi connectivity index (χ4n) is 1.88. The lowest BCUT2D eigenvalue weighted by atomic mass is 10.0. The predicted octanol–water partition coefficient (Wildman–Crippen LogP) is 4.02. The van der Waals surface area contributed by atoms with Gasteiger partial charge in [-0.25, -0.2) is 0 Å². The third-order valence-electron chi connectivity index (χ3n) is 3.19. The van der Waals surface area contributed by atoms with Crippen molar-refractivity contribution in [3.05, 3.63) is 65.2 Å². The molecule has 0 radical (unpaired) electrons. The first-order valence-corrected chi connectivity index (χ1v) is 7.08. The first-order chi connectivity index (χ1) is 9.56. The molecule has 104 valence electrons. The number of benzene rings is 2. The second-order valence-electron chi connectivity index (χ2n) is 5.07. The normalized spacial score (nSPS) is 10.6. The zero-order valence-electron chi connectivity index (χ0n) is 11.8. The molecule has 2 aromatic rings. The summed E-state index contributed by atoms with van der Waals surface area (Å²) in [6.07, 6.45) is 0. The van der Waals surface area contributed by atoms with Crippen LogP contribution in [0.15, 0.2) is 48.5 Å². The summed E-state index contributed by atoms with van der Waals surface area (Å²) in [4.78, 5) is 0.418. The molecule has 2 rings (SSSR count). The maximum absolute atomic E-state index is 5.76. The van der Waals surface area contributed by atoms with Crippen LogP contribution in [0.3, 0.4) is 0 Å². The summed E-state index contributed by atoms with van der Waals surface area (Å²) in [5, 5.41) is 0. The second-order valence-corrected chi connectivity index (χ2v) is 5.51. The van der Waals surface area contributed by atoms with Crippen LogP contribution in [-0.4, -0.2) is 4.99 Å². The van der Waals surface area contributed by atoms with Gasteiger partial charge in [0.05, 0.1) is 0 Å². The van der Waals surface area contributed by atoms with Crippen LogP contribution in [0.25, 0.3) is 0 Å². The third-order valence-corrected chi connectivity index (χ3v) is 3.43. The van der Waals surface area contributed by atoms with E-state index in [9.17, 15) is 0 Å². The lowest BCUT2D eigenvalue weighted by Crippen LogP contribution is -2.09. The summed E-state index contributed by atoms with van der Waals surface area (Å²) < 4.78 is 5.76. The van der Waals surface area contributed by atoms with Gasteiger partial charge in [0, 0.05) is 5.56 Å². The summed E-state index contributed by atoms with van der Waals surface area (Å²) in [6, 6.07) is 16.0. The lowest BCUT2D eigenvalue weighted by molar-refractivity contribution is 0.306. The summed E-state index contributed by atoms with van der Waals surface area (Å²) in [5.74, 6) is 1.42. The van der Waals surface area contributed by atoms with Crippen molar-refractivity contribution in [2.75, 3.05) is 0 Å². The number of ether oxygens (including phenoxy) is 1. The fraction of sp³-hybridized carbons (Fsp3) is 0.235. The highest BCUT2D eigenvalue weighted by Gasteiger charge is 2.01. The number of hydrogen-bond acceptors (Lipinski definition) is 2. The molecule has 0 amide bonds. The summed E-state index contributed by atoms with van der Waals surface area (Å²) in [7, 11) is 0. The zero-order valence-corrected chi connectivity index (χ0v) is 12.6. The molecule has 2 nitrogen and oxygen atoms in total. The van der Waals surface area contributed by atoms with Crippen LogP contribution in [0.2, 0.25) is 0 Å². The fourth-order valence-corrected chi connectivity index (χ4v) is 2.02. The highest BCUT2D eigenvalue weighted by Crippen LogP contribution is 2.19. The molecule has 0 spiro atoms. The number of rotatable bonds is 5. The molecule has 0 atom stereocenters. The molecular formula is C17H19NOS. The van der Waals surface area contributed by atoms with E-state index in [2.05, 4.69) is 26.0 Å². The summed E-state index contributed by atoms with van der Waals surface area (Å²) >= 11 is 4.93. The molecule has 0 aliphatic heterocycles. The van der Waals surface area contributed by atoms with Crippen molar-refractivity contribution in [1.82, 2.24) is 0 Å². The zero-order chi connectivity index (χ0) is 14.5. The monoisotopic (exact) mass is 285 g/mol. The van der Waals surface area contributed by atoms with Crippen molar-refractivity contribution in [2.45, 2.75) is 26.4 Å². The molecule has 2 N–H and O–H groups in total. The van der Waals surface area contributed by atoms with Crippen LogP contribution in [0.5, 0.6) is 5.75 Å². The van der Waals surface area contributed by atoms with Crippen molar-refractivity contribution >= 4 is 17.2 Å². The molecule has 0 saturated heterocycles. The second kappa shape index (κ2) is 6.53. The molecule has 3 heteroatoms. The van der Waals surface area contributed by atoms with Gasteiger partial charge in [0.15, 0.2) is 0 Å². The van der Waals surface area contributed by atoms with Crippen LogP contribution >= 0.6 is 12.2 Å². The van der Waals surface area contributed by atoms with E-state index >= 15 is 0 Å². The van der Waals surface area contributed by atoms with Crippen LogP contribution < -0.4 is 10.5 Å². The molecular weight excluding hydrogens is 266 g/mol. The Morgan fingerprint density at radius 1 is 1.05 bits per heavy atom. The van der Waals surface area contributed by atoms with Crippen LogP contribution in [0.1, 0.15) is 36.5 Å². The number of thiocarbonyl (C=S) groups is 1. The minimum atomic E-state index is 0.418. The topological polar surface area (TPSA) is 35.2 Å². The minimum absolute atomic E-state index is 0.418. The van der Waals surface area contributed by atoms with Gasteiger partial charge in [-0.15, -0.1) is 0 Å². The van der Waals surface area contributed by atoms with E-state index in [1.54, 1.807) is 0 Å². The molecule has 0 aromatic heterocycles. The molecule has 20 heavy (non-hydrogen) atoms. The van der Waals surface area contributed by atoms with Crippen LogP contribution in [0, 0.1) is 0 Å². The third kappa shape index (κ3) is 3.81. The van der Waals surface area contributed by atoms with Crippen molar-refractivity contribution in [1.29, 1.82) is 0 Å². The molecule has 0 bridgehead atoms. The molecule has 2 aromatic carbocycles. The Labute approximate surface area is 125 Å². The van der Waals surface area contributed by atoms with E-state index < -0.39 is 0 Å².